The molecule has 2 aromatic carbocycles. The zero-order chi connectivity index (χ0) is 20.9. The maximum atomic E-state index is 12.7. The molecular formula is C23H30N2O3S. The number of benzene rings is 2. The lowest BCUT2D eigenvalue weighted by atomic mass is 9.96. The Morgan fingerprint density at radius 1 is 1.10 bits per heavy atom. The highest BCUT2D eigenvalue weighted by molar-refractivity contribution is 7.88. The SMILES string of the molecule is Cc1cccc(CS(=O)(=O)N2CCC(C(=O)NCC(C)c3ccccc3)CC2)c1. The van der Waals surface area contributed by atoms with Crippen molar-refractivity contribution in [2.75, 3.05) is 19.6 Å². The van der Waals surface area contributed by atoms with E-state index in [9.17, 15) is 13.2 Å². The van der Waals surface area contributed by atoms with Crippen molar-refractivity contribution < 1.29 is 13.2 Å². The molecule has 156 valence electrons. The van der Waals surface area contributed by atoms with Gasteiger partial charge in [0.1, 0.15) is 0 Å². The lowest BCUT2D eigenvalue weighted by Gasteiger charge is -2.30. The number of nitrogens with zero attached hydrogens (tertiary/aromatic N) is 1. The van der Waals surface area contributed by atoms with E-state index >= 15 is 0 Å². The highest BCUT2D eigenvalue weighted by Gasteiger charge is 2.31. The average molecular weight is 415 g/mol. The minimum absolute atomic E-state index is 0.0140. The third kappa shape index (κ3) is 5.90. The molecule has 29 heavy (non-hydrogen) atoms. The molecule has 3 rings (SSSR count). The summed E-state index contributed by atoms with van der Waals surface area (Å²) in [6.07, 6.45) is 1.14. The molecule has 2 aromatic rings. The average Bonchev–Trinajstić information content (AvgIpc) is 2.72. The van der Waals surface area contributed by atoms with Gasteiger partial charge in [-0.25, -0.2) is 12.7 Å². The predicted octanol–water partition coefficient (Wildman–Crippen LogP) is 3.46. The molecule has 6 heteroatoms. The van der Waals surface area contributed by atoms with Gasteiger partial charge in [0, 0.05) is 25.6 Å². The summed E-state index contributed by atoms with van der Waals surface area (Å²) in [6.45, 7) is 5.45. The normalized spacial score (nSPS) is 17.0. The Morgan fingerprint density at radius 2 is 1.79 bits per heavy atom. The minimum Gasteiger partial charge on any atom is -0.355 e. The van der Waals surface area contributed by atoms with Crippen molar-refractivity contribution in [1.82, 2.24) is 9.62 Å². The Balaban J connectivity index is 1.48. The van der Waals surface area contributed by atoms with Crippen molar-refractivity contribution in [3.05, 3.63) is 71.3 Å². The summed E-state index contributed by atoms with van der Waals surface area (Å²) in [5.74, 6) is 0.169. The molecule has 5 nitrogen and oxygen atoms in total. The van der Waals surface area contributed by atoms with Crippen molar-refractivity contribution in [3.63, 3.8) is 0 Å². The van der Waals surface area contributed by atoms with Gasteiger partial charge in [-0.1, -0.05) is 67.1 Å². The fourth-order valence-electron chi connectivity index (χ4n) is 3.80. The number of nitrogens with one attached hydrogen (secondary N) is 1. The van der Waals surface area contributed by atoms with Gasteiger partial charge in [0.25, 0.3) is 0 Å². The third-order valence-corrected chi connectivity index (χ3v) is 7.45. The second-order valence-electron chi connectivity index (χ2n) is 7.98. The lowest BCUT2D eigenvalue weighted by molar-refractivity contribution is -0.126. The van der Waals surface area contributed by atoms with E-state index in [0.29, 0.717) is 32.5 Å². The number of piperidine rings is 1. The second kappa shape index (κ2) is 9.55. The molecule has 1 fully saturated rings. The zero-order valence-electron chi connectivity index (χ0n) is 17.2. The quantitative estimate of drug-likeness (QED) is 0.755. The number of hydrogen-bond acceptors (Lipinski definition) is 3. The summed E-state index contributed by atoms with van der Waals surface area (Å²) in [6, 6.07) is 17.7. The van der Waals surface area contributed by atoms with Crippen molar-refractivity contribution >= 4 is 15.9 Å². The van der Waals surface area contributed by atoms with Crippen LogP contribution in [-0.4, -0.2) is 38.3 Å². The minimum atomic E-state index is -3.36. The third-order valence-electron chi connectivity index (χ3n) is 5.60. The summed E-state index contributed by atoms with van der Waals surface area (Å²) in [5, 5.41) is 3.04. The first-order chi connectivity index (χ1) is 13.8. The molecule has 1 saturated heterocycles. The molecule has 1 aliphatic heterocycles. The van der Waals surface area contributed by atoms with Crippen LogP contribution in [0.3, 0.4) is 0 Å². The highest BCUT2D eigenvalue weighted by atomic mass is 32.2. The van der Waals surface area contributed by atoms with Crippen molar-refractivity contribution in [2.45, 2.75) is 38.4 Å². The van der Waals surface area contributed by atoms with Gasteiger partial charge in [0.2, 0.25) is 15.9 Å². The molecule has 0 saturated carbocycles. The second-order valence-corrected chi connectivity index (χ2v) is 9.94. The topological polar surface area (TPSA) is 66.5 Å². The first kappa shape index (κ1) is 21.5. The number of rotatable bonds is 7. The van der Waals surface area contributed by atoms with E-state index in [2.05, 4.69) is 24.4 Å². The lowest BCUT2D eigenvalue weighted by Crippen LogP contribution is -2.43. The van der Waals surface area contributed by atoms with Gasteiger partial charge in [0.15, 0.2) is 0 Å². The van der Waals surface area contributed by atoms with Crippen LogP contribution >= 0.6 is 0 Å². The van der Waals surface area contributed by atoms with Crippen LogP contribution in [0.25, 0.3) is 0 Å². The molecule has 1 atom stereocenters. The van der Waals surface area contributed by atoms with Gasteiger partial charge in [0.05, 0.1) is 5.75 Å². The molecule has 0 bridgehead atoms. The van der Waals surface area contributed by atoms with Gasteiger partial charge in [-0.15, -0.1) is 0 Å². The first-order valence-corrected chi connectivity index (χ1v) is 11.8. The van der Waals surface area contributed by atoms with E-state index in [1.807, 2.05) is 49.4 Å². The van der Waals surface area contributed by atoms with E-state index in [4.69, 9.17) is 0 Å². The van der Waals surface area contributed by atoms with E-state index < -0.39 is 10.0 Å². The van der Waals surface area contributed by atoms with Crippen LogP contribution in [0, 0.1) is 12.8 Å². The molecule has 1 aliphatic rings. The van der Waals surface area contributed by atoms with Crippen LogP contribution in [0.15, 0.2) is 54.6 Å². The molecule has 1 amide bonds. The number of carbonyl (C=O) groups is 1. The molecule has 1 N–H and O–H groups in total. The summed E-state index contributed by atoms with van der Waals surface area (Å²) >= 11 is 0. The Hall–Kier alpha value is -2.18. The fourth-order valence-corrected chi connectivity index (χ4v) is 5.35. The smallest absolute Gasteiger partial charge is 0.223 e. The van der Waals surface area contributed by atoms with Crippen LogP contribution in [-0.2, 0) is 20.6 Å². The fraction of sp³-hybridized carbons (Fsp3) is 0.435. The molecular weight excluding hydrogens is 384 g/mol. The molecule has 1 unspecified atom stereocenters. The summed E-state index contributed by atoms with van der Waals surface area (Å²) in [4.78, 5) is 12.5. The zero-order valence-corrected chi connectivity index (χ0v) is 18.0. The number of carbonyl (C=O) groups excluding carboxylic acids is 1. The van der Waals surface area contributed by atoms with Crippen molar-refractivity contribution in [3.8, 4) is 0 Å². The molecule has 0 radical (unpaired) electrons. The van der Waals surface area contributed by atoms with Crippen molar-refractivity contribution in [2.24, 2.45) is 5.92 Å². The summed E-state index contributed by atoms with van der Waals surface area (Å²) in [5.41, 5.74) is 3.06. The summed E-state index contributed by atoms with van der Waals surface area (Å²) < 4.78 is 27.0. The van der Waals surface area contributed by atoms with Crippen LogP contribution in [0.5, 0.6) is 0 Å². The standard InChI is InChI=1S/C23H30N2O3S/c1-18-7-6-8-20(15-18)17-29(27,28)25-13-11-22(12-14-25)23(26)24-16-19(2)21-9-4-3-5-10-21/h3-10,15,19,22H,11-14,16-17H2,1-2H3,(H,24,26). The van der Waals surface area contributed by atoms with Crippen LogP contribution in [0.1, 0.15) is 42.4 Å². The van der Waals surface area contributed by atoms with Gasteiger partial charge < -0.3 is 5.32 Å². The molecule has 0 aromatic heterocycles. The highest BCUT2D eigenvalue weighted by Crippen LogP contribution is 2.22. The number of sulfonamides is 1. The Morgan fingerprint density at radius 3 is 2.45 bits per heavy atom. The van der Waals surface area contributed by atoms with Gasteiger partial charge in [-0.05, 0) is 36.8 Å². The van der Waals surface area contributed by atoms with Gasteiger partial charge >= 0.3 is 0 Å². The first-order valence-electron chi connectivity index (χ1n) is 10.2. The number of amides is 1. The van der Waals surface area contributed by atoms with E-state index in [1.54, 1.807) is 0 Å². The maximum Gasteiger partial charge on any atom is 0.223 e. The Kier molecular flexibility index (Phi) is 7.09. The maximum absolute atomic E-state index is 12.7. The van der Waals surface area contributed by atoms with Crippen LogP contribution < -0.4 is 5.32 Å². The molecule has 1 heterocycles. The summed E-state index contributed by atoms with van der Waals surface area (Å²) in [7, 11) is -3.36. The monoisotopic (exact) mass is 414 g/mol. The Labute approximate surface area is 174 Å². The van der Waals surface area contributed by atoms with E-state index in [1.165, 1.54) is 9.87 Å². The van der Waals surface area contributed by atoms with Gasteiger partial charge in [-0.3, -0.25) is 4.79 Å². The number of hydrogen-bond donors (Lipinski definition) is 1. The van der Waals surface area contributed by atoms with E-state index in [0.717, 1.165) is 11.1 Å². The van der Waals surface area contributed by atoms with Crippen LogP contribution in [0.4, 0.5) is 0 Å². The molecule has 0 spiro atoms. The number of aryl methyl sites for hydroxylation is 1. The predicted molar refractivity (Wildman–Crippen MR) is 116 cm³/mol. The van der Waals surface area contributed by atoms with E-state index in [-0.39, 0.29) is 23.5 Å². The molecule has 0 aliphatic carbocycles. The Bertz CT molecular complexity index is 920. The van der Waals surface area contributed by atoms with Crippen LogP contribution in [0.2, 0.25) is 0 Å². The van der Waals surface area contributed by atoms with Gasteiger partial charge in [-0.2, -0.15) is 0 Å². The largest absolute Gasteiger partial charge is 0.355 e. The van der Waals surface area contributed by atoms with Crippen molar-refractivity contribution in [1.29, 1.82) is 0 Å².